The van der Waals surface area contributed by atoms with Gasteiger partial charge in [-0.3, -0.25) is 0 Å². The Kier molecular flexibility index (Phi) is 9.54. The lowest BCUT2D eigenvalue weighted by Gasteiger charge is -2.16. The molecule has 0 aliphatic carbocycles. The normalized spacial score (nSPS) is 10.8. The van der Waals surface area contributed by atoms with E-state index in [0.29, 0.717) is 34.8 Å². The van der Waals surface area contributed by atoms with Crippen LogP contribution < -0.4 is 19.5 Å². The molecule has 0 unspecified atom stereocenters. The Balaban J connectivity index is 1.61. The van der Waals surface area contributed by atoms with Gasteiger partial charge in [-0.05, 0) is 83.3 Å². The summed E-state index contributed by atoms with van der Waals surface area (Å²) in [6, 6.07) is 17.6. The molecule has 0 heterocycles. The van der Waals surface area contributed by atoms with Gasteiger partial charge in [-0.25, -0.2) is 0 Å². The van der Waals surface area contributed by atoms with Crippen molar-refractivity contribution in [3.63, 3.8) is 0 Å². The average Bonchev–Trinajstić information content (AvgIpc) is 2.78. The molecule has 0 radical (unpaired) electrons. The Morgan fingerprint density at radius 1 is 0.938 bits per heavy atom. The minimum Gasteiger partial charge on any atom is -0.497 e. The second-order valence-electron chi connectivity index (χ2n) is 7.14. The highest BCUT2D eigenvalue weighted by molar-refractivity contribution is 9.10. The van der Waals surface area contributed by atoms with Crippen molar-refractivity contribution < 1.29 is 14.2 Å². The minimum absolute atomic E-state index is 0.314. The molecule has 0 fully saturated rings. The first-order chi connectivity index (χ1) is 15.5. The van der Waals surface area contributed by atoms with Crippen molar-refractivity contribution in [2.24, 2.45) is 0 Å². The zero-order valence-electron chi connectivity index (χ0n) is 18.1. The lowest BCUT2D eigenvalue weighted by molar-refractivity contribution is 0.267. The molecule has 170 valence electrons. The summed E-state index contributed by atoms with van der Waals surface area (Å²) in [6.07, 6.45) is 0.937. The van der Waals surface area contributed by atoms with Crippen LogP contribution in [0.2, 0.25) is 10.0 Å². The van der Waals surface area contributed by atoms with E-state index in [4.69, 9.17) is 37.4 Å². The first kappa shape index (κ1) is 24.7. The van der Waals surface area contributed by atoms with Gasteiger partial charge in [0.05, 0.1) is 18.2 Å². The van der Waals surface area contributed by atoms with Crippen molar-refractivity contribution in [3.05, 3.63) is 85.8 Å². The third kappa shape index (κ3) is 7.04. The van der Waals surface area contributed by atoms with Crippen LogP contribution in [0.15, 0.2) is 59.1 Å². The maximum atomic E-state index is 6.27. The summed E-state index contributed by atoms with van der Waals surface area (Å²) in [5.74, 6) is 2.22. The number of nitrogens with one attached hydrogen (secondary N) is 1. The van der Waals surface area contributed by atoms with E-state index in [2.05, 4.69) is 33.4 Å². The number of hydrogen-bond acceptors (Lipinski definition) is 4. The van der Waals surface area contributed by atoms with E-state index in [0.717, 1.165) is 40.9 Å². The molecule has 0 atom stereocenters. The van der Waals surface area contributed by atoms with E-state index in [-0.39, 0.29) is 0 Å². The highest BCUT2D eigenvalue weighted by Crippen LogP contribution is 2.38. The van der Waals surface area contributed by atoms with Gasteiger partial charge in [0.2, 0.25) is 0 Å². The SMILES string of the molecule is CCOc1cc(CNCCc2ccc(OC)cc2)cc(Br)c1OCc1ccc(Cl)cc1Cl. The third-order valence-corrected chi connectivity index (χ3v) is 6.01. The van der Waals surface area contributed by atoms with Crippen molar-refractivity contribution in [1.29, 1.82) is 0 Å². The Morgan fingerprint density at radius 3 is 2.41 bits per heavy atom. The second-order valence-corrected chi connectivity index (χ2v) is 8.84. The van der Waals surface area contributed by atoms with Crippen molar-refractivity contribution in [3.8, 4) is 17.2 Å². The summed E-state index contributed by atoms with van der Waals surface area (Å²) >= 11 is 15.9. The zero-order valence-corrected chi connectivity index (χ0v) is 21.2. The monoisotopic (exact) mass is 537 g/mol. The standard InChI is InChI=1S/C25H26BrCl2NO3/c1-3-31-24-13-18(15-29-11-10-17-4-8-21(30-2)9-5-17)12-22(26)25(24)32-16-19-6-7-20(27)14-23(19)28/h4-9,12-14,29H,3,10-11,15-16H2,1-2H3. The molecule has 0 aromatic heterocycles. The van der Waals surface area contributed by atoms with Crippen molar-refractivity contribution in [2.75, 3.05) is 20.3 Å². The maximum absolute atomic E-state index is 6.27. The molecule has 0 spiro atoms. The predicted octanol–water partition coefficient (Wildman–Crippen LogP) is 7.07. The number of hydrogen-bond donors (Lipinski definition) is 1. The van der Waals surface area contributed by atoms with Gasteiger partial charge in [-0.2, -0.15) is 0 Å². The molecular weight excluding hydrogens is 513 g/mol. The molecule has 3 aromatic carbocycles. The molecule has 0 aliphatic rings. The molecule has 3 aromatic rings. The highest BCUT2D eigenvalue weighted by atomic mass is 79.9. The van der Waals surface area contributed by atoms with E-state index in [1.165, 1.54) is 5.56 Å². The predicted molar refractivity (Wildman–Crippen MR) is 135 cm³/mol. The van der Waals surface area contributed by atoms with Crippen LogP contribution in [0, 0.1) is 0 Å². The fourth-order valence-corrected chi connectivity index (χ4v) is 4.24. The van der Waals surface area contributed by atoms with Gasteiger partial charge in [0, 0.05) is 22.2 Å². The molecule has 7 heteroatoms. The first-order valence-corrected chi connectivity index (χ1v) is 11.9. The summed E-state index contributed by atoms with van der Waals surface area (Å²) in [5, 5.41) is 4.66. The van der Waals surface area contributed by atoms with Crippen molar-refractivity contribution in [2.45, 2.75) is 26.5 Å². The van der Waals surface area contributed by atoms with Crippen LogP contribution in [0.3, 0.4) is 0 Å². The van der Waals surface area contributed by atoms with E-state index in [1.807, 2.05) is 37.3 Å². The molecule has 0 bridgehead atoms. The summed E-state index contributed by atoms with van der Waals surface area (Å²) in [6.45, 7) is 4.39. The number of methoxy groups -OCH3 is 1. The number of rotatable bonds is 11. The van der Waals surface area contributed by atoms with Crippen LogP contribution in [0.1, 0.15) is 23.6 Å². The van der Waals surface area contributed by atoms with Crippen LogP contribution >= 0.6 is 39.1 Å². The fourth-order valence-electron chi connectivity index (χ4n) is 3.17. The fraction of sp³-hybridized carbons (Fsp3) is 0.280. The Labute approximate surface area is 207 Å². The summed E-state index contributed by atoms with van der Waals surface area (Å²) < 4.78 is 17.9. The van der Waals surface area contributed by atoms with Crippen LogP contribution in [0.4, 0.5) is 0 Å². The number of halogens is 3. The third-order valence-electron chi connectivity index (χ3n) is 4.83. The first-order valence-electron chi connectivity index (χ1n) is 10.4. The van der Waals surface area contributed by atoms with E-state index >= 15 is 0 Å². The van der Waals surface area contributed by atoms with E-state index < -0.39 is 0 Å². The van der Waals surface area contributed by atoms with Crippen LogP contribution in [-0.2, 0) is 19.6 Å². The average molecular weight is 539 g/mol. The maximum Gasteiger partial charge on any atom is 0.175 e. The van der Waals surface area contributed by atoms with Gasteiger partial charge >= 0.3 is 0 Å². The van der Waals surface area contributed by atoms with Crippen LogP contribution in [0.5, 0.6) is 17.2 Å². The van der Waals surface area contributed by atoms with Gasteiger partial charge in [-0.1, -0.05) is 41.4 Å². The molecule has 1 N–H and O–H groups in total. The van der Waals surface area contributed by atoms with Gasteiger partial charge in [0.25, 0.3) is 0 Å². The molecule has 32 heavy (non-hydrogen) atoms. The number of benzene rings is 3. The van der Waals surface area contributed by atoms with E-state index in [1.54, 1.807) is 19.2 Å². The Bertz CT molecular complexity index is 1030. The van der Waals surface area contributed by atoms with Gasteiger partial charge in [0.1, 0.15) is 12.4 Å². The highest BCUT2D eigenvalue weighted by Gasteiger charge is 2.13. The molecule has 4 nitrogen and oxygen atoms in total. The van der Waals surface area contributed by atoms with Gasteiger partial charge in [-0.15, -0.1) is 0 Å². The zero-order chi connectivity index (χ0) is 22.9. The lowest BCUT2D eigenvalue weighted by Crippen LogP contribution is -2.17. The Morgan fingerprint density at radius 2 is 1.72 bits per heavy atom. The van der Waals surface area contributed by atoms with Gasteiger partial charge < -0.3 is 19.5 Å². The molecule has 0 aliphatic heterocycles. The lowest BCUT2D eigenvalue weighted by atomic mass is 10.1. The summed E-state index contributed by atoms with van der Waals surface area (Å²) in [5.41, 5.74) is 3.22. The molecule has 0 saturated carbocycles. The Hall–Kier alpha value is -1.92. The number of ether oxygens (including phenoxy) is 3. The largest absolute Gasteiger partial charge is 0.497 e. The van der Waals surface area contributed by atoms with Crippen LogP contribution in [-0.4, -0.2) is 20.3 Å². The minimum atomic E-state index is 0.314. The topological polar surface area (TPSA) is 39.7 Å². The van der Waals surface area contributed by atoms with Gasteiger partial charge in [0.15, 0.2) is 11.5 Å². The quantitative estimate of drug-likeness (QED) is 0.265. The molecule has 3 rings (SSSR count). The molecule has 0 amide bonds. The molecule has 0 saturated heterocycles. The van der Waals surface area contributed by atoms with Crippen molar-refractivity contribution >= 4 is 39.1 Å². The second kappa shape index (κ2) is 12.4. The van der Waals surface area contributed by atoms with Crippen LogP contribution in [0.25, 0.3) is 0 Å². The smallest absolute Gasteiger partial charge is 0.175 e. The van der Waals surface area contributed by atoms with Crippen molar-refractivity contribution in [1.82, 2.24) is 5.32 Å². The van der Waals surface area contributed by atoms with E-state index in [9.17, 15) is 0 Å². The summed E-state index contributed by atoms with van der Waals surface area (Å²) in [4.78, 5) is 0. The molecular formula is C25H26BrCl2NO3. The summed E-state index contributed by atoms with van der Waals surface area (Å²) in [7, 11) is 1.67.